The second kappa shape index (κ2) is 8.79. The summed E-state index contributed by atoms with van der Waals surface area (Å²) in [5.74, 6) is 2.27. The molecule has 6 nitrogen and oxygen atoms in total. The molecule has 0 N–H and O–H groups in total. The molecule has 2 aromatic heterocycles. The van der Waals surface area contributed by atoms with Gasteiger partial charge in [0, 0.05) is 57.2 Å². The average Bonchev–Trinajstić information content (AvgIpc) is 3.26. The quantitative estimate of drug-likeness (QED) is 0.643. The Bertz CT molecular complexity index is 798. The monoisotopic (exact) mass is 364 g/mol. The molecule has 1 saturated heterocycles. The van der Waals surface area contributed by atoms with Crippen molar-refractivity contribution in [1.29, 1.82) is 0 Å². The van der Waals surface area contributed by atoms with Crippen LogP contribution in [0.2, 0.25) is 0 Å². The molecule has 0 bridgehead atoms. The highest BCUT2D eigenvalue weighted by Crippen LogP contribution is 2.15. The van der Waals surface area contributed by atoms with Crippen molar-refractivity contribution in [2.45, 2.75) is 6.54 Å². The van der Waals surface area contributed by atoms with Crippen molar-refractivity contribution >= 4 is 0 Å². The molecule has 1 aliphatic heterocycles. The number of aromatic nitrogens is 2. The van der Waals surface area contributed by atoms with Crippen LogP contribution < -0.4 is 4.74 Å². The van der Waals surface area contributed by atoms with Gasteiger partial charge < -0.3 is 9.15 Å². The van der Waals surface area contributed by atoms with E-state index in [0.29, 0.717) is 11.6 Å². The van der Waals surface area contributed by atoms with Crippen molar-refractivity contribution in [3.05, 3.63) is 66.7 Å². The minimum Gasteiger partial charge on any atom is -0.492 e. The number of piperazine rings is 1. The first kappa shape index (κ1) is 17.7. The average molecular weight is 364 g/mol. The Morgan fingerprint density at radius 2 is 1.63 bits per heavy atom. The number of hydrogen-bond donors (Lipinski definition) is 0. The second-order valence-corrected chi connectivity index (χ2v) is 6.67. The van der Waals surface area contributed by atoms with Gasteiger partial charge in [0.15, 0.2) is 11.6 Å². The summed E-state index contributed by atoms with van der Waals surface area (Å²) in [6.07, 6.45) is 5.42. The lowest BCUT2D eigenvalue weighted by atomic mass is 10.2. The summed E-state index contributed by atoms with van der Waals surface area (Å²) < 4.78 is 11.1. The Balaban J connectivity index is 1.19. The molecular formula is C21H24N4O2. The number of furan rings is 1. The summed E-state index contributed by atoms with van der Waals surface area (Å²) in [4.78, 5) is 13.7. The number of ether oxygens (including phenoxy) is 1. The van der Waals surface area contributed by atoms with E-state index in [-0.39, 0.29) is 0 Å². The van der Waals surface area contributed by atoms with Crippen LogP contribution in [0.5, 0.6) is 5.75 Å². The fraction of sp³-hybridized carbons (Fsp3) is 0.333. The Morgan fingerprint density at radius 3 is 2.33 bits per heavy atom. The number of rotatable bonds is 7. The predicted octanol–water partition coefficient (Wildman–Crippen LogP) is 2.93. The number of nitrogens with zero attached hydrogens (tertiary/aromatic N) is 4. The predicted molar refractivity (Wildman–Crippen MR) is 103 cm³/mol. The van der Waals surface area contributed by atoms with E-state index >= 15 is 0 Å². The van der Waals surface area contributed by atoms with Gasteiger partial charge in [0.25, 0.3) is 0 Å². The van der Waals surface area contributed by atoms with Gasteiger partial charge in [0.2, 0.25) is 0 Å². The fourth-order valence-electron chi connectivity index (χ4n) is 3.21. The zero-order chi connectivity index (χ0) is 18.3. The molecule has 0 amide bonds. The van der Waals surface area contributed by atoms with E-state index in [1.165, 1.54) is 0 Å². The van der Waals surface area contributed by atoms with Crippen LogP contribution in [-0.4, -0.2) is 59.1 Å². The molecule has 0 aliphatic carbocycles. The van der Waals surface area contributed by atoms with Crippen molar-refractivity contribution in [1.82, 2.24) is 19.8 Å². The van der Waals surface area contributed by atoms with Crippen LogP contribution in [0, 0.1) is 0 Å². The first-order valence-corrected chi connectivity index (χ1v) is 9.34. The molecule has 4 rings (SSSR count). The SMILES string of the molecule is c1ccc(OCCN2CCN(Cc3cnc(-c4ccco4)nc3)CC2)cc1. The zero-order valence-corrected chi connectivity index (χ0v) is 15.3. The third-order valence-corrected chi connectivity index (χ3v) is 4.74. The van der Waals surface area contributed by atoms with Crippen LogP contribution in [0.1, 0.15) is 5.56 Å². The molecule has 140 valence electrons. The molecule has 0 spiro atoms. The molecular weight excluding hydrogens is 340 g/mol. The summed E-state index contributed by atoms with van der Waals surface area (Å²) >= 11 is 0. The lowest BCUT2D eigenvalue weighted by Gasteiger charge is -2.34. The Morgan fingerprint density at radius 1 is 0.889 bits per heavy atom. The lowest BCUT2D eigenvalue weighted by molar-refractivity contribution is 0.112. The fourth-order valence-corrected chi connectivity index (χ4v) is 3.21. The maximum Gasteiger partial charge on any atom is 0.195 e. The highest BCUT2D eigenvalue weighted by Gasteiger charge is 2.17. The Labute approximate surface area is 159 Å². The van der Waals surface area contributed by atoms with E-state index in [1.54, 1.807) is 6.26 Å². The summed E-state index contributed by atoms with van der Waals surface area (Å²) in [6.45, 7) is 6.78. The van der Waals surface area contributed by atoms with Crippen molar-refractivity contribution < 1.29 is 9.15 Å². The second-order valence-electron chi connectivity index (χ2n) is 6.67. The normalized spacial score (nSPS) is 15.7. The molecule has 1 aromatic carbocycles. The summed E-state index contributed by atoms with van der Waals surface area (Å²) in [5.41, 5.74) is 1.13. The highest BCUT2D eigenvalue weighted by molar-refractivity contribution is 5.45. The summed E-state index contributed by atoms with van der Waals surface area (Å²) in [7, 11) is 0. The Kier molecular flexibility index (Phi) is 5.76. The van der Waals surface area contributed by atoms with Crippen molar-refractivity contribution in [2.75, 3.05) is 39.3 Å². The summed E-state index contributed by atoms with van der Waals surface area (Å²) in [5, 5.41) is 0. The van der Waals surface area contributed by atoms with Crippen LogP contribution in [0.15, 0.2) is 65.5 Å². The van der Waals surface area contributed by atoms with E-state index < -0.39 is 0 Å². The van der Waals surface area contributed by atoms with Gasteiger partial charge in [-0.3, -0.25) is 9.80 Å². The zero-order valence-electron chi connectivity index (χ0n) is 15.3. The molecule has 1 fully saturated rings. The first-order chi connectivity index (χ1) is 13.4. The highest BCUT2D eigenvalue weighted by atomic mass is 16.5. The first-order valence-electron chi connectivity index (χ1n) is 9.34. The summed E-state index contributed by atoms with van der Waals surface area (Å²) in [6, 6.07) is 13.7. The molecule has 1 aliphatic rings. The van der Waals surface area contributed by atoms with Crippen molar-refractivity contribution in [3.8, 4) is 17.3 Å². The lowest BCUT2D eigenvalue weighted by Crippen LogP contribution is -2.47. The molecule has 27 heavy (non-hydrogen) atoms. The molecule has 6 heteroatoms. The van der Waals surface area contributed by atoms with Crippen LogP contribution in [0.4, 0.5) is 0 Å². The van der Waals surface area contributed by atoms with Gasteiger partial charge in [-0.25, -0.2) is 9.97 Å². The molecule has 0 radical (unpaired) electrons. The standard InChI is InChI=1S/C21H24N4O2/c1-2-5-19(6-3-1)26-14-12-24-8-10-25(11-9-24)17-18-15-22-21(23-16-18)20-7-4-13-27-20/h1-7,13,15-16H,8-12,14,17H2. The van der Waals surface area contributed by atoms with Crippen LogP contribution in [-0.2, 0) is 6.54 Å². The number of para-hydroxylation sites is 1. The molecule has 3 heterocycles. The van der Waals surface area contributed by atoms with Gasteiger partial charge in [-0.1, -0.05) is 18.2 Å². The van der Waals surface area contributed by atoms with Crippen molar-refractivity contribution in [3.63, 3.8) is 0 Å². The van der Waals surface area contributed by atoms with Gasteiger partial charge in [-0.2, -0.15) is 0 Å². The van der Waals surface area contributed by atoms with E-state index in [0.717, 1.165) is 57.2 Å². The molecule has 3 aromatic rings. The van der Waals surface area contributed by atoms with Gasteiger partial charge in [-0.15, -0.1) is 0 Å². The van der Waals surface area contributed by atoms with E-state index in [9.17, 15) is 0 Å². The minimum absolute atomic E-state index is 0.631. The topological polar surface area (TPSA) is 54.6 Å². The van der Waals surface area contributed by atoms with E-state index in [4.69, 9.17) is 9.15 Å². The maximum atomic E-state index is 5.79. The van der Waals surface area contributed by atoms with Gasteiger partial charge in [0.1, 0.15) is 12.4 Å². The van der Waals surface area contributed by atoms with E-state index in [2.05, 4.69) is 19.8 Å². The third-order valence-electron chi connectivity index (χ3n) is 4.74. The number of hydrogen-bond acceptors (Lipinski definition) is 6. The van der Waals surface area contributed by atoms with Crippen molar-refractivity contribution in [2.24, 2.45) is 0 Å². The van der Waals surface area contributed by atoms with Crippen LogP contribution in [0.25, 0.3) is 11.6 Å². The van der Waals surface area contributed by atoms with Crippen LogP contribution in [0.3, 0.4) is 0 Å². The maximum absolute atomic E-state index is 5.79. The van der Waals surface area contributed by atoms with Gasteiger partial charge in [-0.05, 0) is 24.3 Å². The van der Waals surface area contributed by atoms with Crippen LogP contribution >= 0.6 is 0 Å². The minimum atomic E-state index is 0.631. The smallest absolute Gasteiger partial charge is 0.195 e. The molecule has 0 unspecified atom stereocenters. The largest absolute Gasteiger partial charge is 0.492 e. The molecule has 0 saturated carbocycles. The number of benzene rings is 1. The molecule has 0 atom stereocenters. The third kappa shape index (κ3) is 4.93. The van der Waals surface area contributed by atoms with Gasteiger partial charge in [0.05, 0.1) is 6.26 Å². The van der Waals surface area contributed by atoms with Gasteiger partial charge >= 0.3 is 0 Å². The Hall–Kier alpha value is -2.70. The van der Waals surface area contributed by atoms with E-state index in [1.807, 2.05) is 54.9 Å².